The molecule has 0 spiro atoms. The molecule has 0 saturated carbocycles. The topological polar surface area (TPSA) is 70.8 Å². The number of hydrogen-bond acceptors (Lipinski definition) is 4. The fraction of sp³-hybridized carbons (Fsp3) is 0.417. The first-order valence-electron chi connectivity index (χ1n) is 5.41. The lowest BCUT2D eigenvalue weighted by atomic mass is 10.0. The van der Waals surface area contributed by atoms with Crippen molar-refractivity contribution < 1.29 is 19.0 Å². The Morgan fingerprint density at radius 2 is 2.22 bits per heavy atom. The third-order valence-electron chi connectivity index (χ3n) is 2.41. The van der Waals surface area contributed by atoms with E-state index in [1.807, 2.05) is 31.2 Å². The van der Waals surface area contributed by atoms with E-state index in [4.69, 9.17) is 19.9 Å². The highest BCUT2D eigenvalue weighted by Gasteiger charge is 2.35. The molecule has 1 amide bonds. The number of ether oxygens (including phenoxy) is 3. The lowest BCUT2D eigenvalue weighted by Crippen LogP contribution is -2.37. The molecule has 0 aliphatic carbocycles. The summed E-state index contributed by atoms with van der Waals surface area (Å²) in [5, 5.41) is 0. The van der Waals surface area contributed by atoms with Crippen molar-refractivity contribution in [2.24, 2.45) is 5.73 Å². The van der Waals surface area contributed by atoms with Gasteiger partial charge < -0.3 is 19.9 Å². The molecule has 2 N–H and O–H groups in total. The van der Waals surface area contributed by atoms with Gasteiger partial charge in [-0.3, -0.25) is 0 Å². The van der Waals surface area contributed by atoms with E-state index >= 15 is 0 Å². The molecule has 1 atom stereocenters. The van der Waals surface area contributed by atoms with Gasteiger partial charge in [-0.25, -0.2) is 4.79 Å². The monoisotopic (exact) mass is 365 g/mol. The lowest BCUT2D eigenvalue weighted by molar-refractivity contribution is -0.249. The van der Waals surface area contributed by atoms with Crippen LogP contribution in [0.25, 0.3) is 0 Å². The van der Waals surface area contributed by atoms with Crippen LogP contribution in [0.3, 0.4) is 0 Å². The Hall–Kier alpha value is -0.860. The average molecular weight is 365 g/mol. The van der Waals surface area contributed by atoms with Crippen molar-refractivity contribution in [2.45, 2.75) is 19.1 Å². The van der Waals surface area contributed by atoms with Gasteiger partial charge in [0.1, 0.15) is 0 Å². The van der Waals surface area contributed by atoms with Crippen LogP contribution in [0.4, 0.5) is 4.79 Å². The molecule has 0 radical (unpaired) electrons. The number of nitrogens with two attached hydrogens (primary N) is 1. The molecule has 0 aliphatic heterocycles. The molecule has 0 bridgehead atoms. The van der Waals surface area contributed by atoms with Crippen LogP contribution in [0.5, 0.6) is 0 Å². The predicted octanol–water partition coefficient (Wildman–Crippen LogP) is 2.57. The summed E-state index contributed by atoms with van der Waals surface area (Å²) in [6.45, 7) is 1.85. The summed E-state index contributed by atoms with van der Waals surface area (Å²) < 4.78 is 16.6. The van der Waals surface area contributed by atoms with Gasteiger partial charge in [0.2, 0.25) is 5.79 Å². The van der Waals surface area contributed by atoms with E-state index in [1.54, 1.807) is 0 Å². The Morgan fingerprint density at radius 1 is 1.50 bits per heavy atom. The maximum Gasteiger partial charge on any atom is 0.407 e. The smallest absolute Gasteiger partial charge is 0.407 e. The molecular formula is C12H16INO4. The highest BCUT2D eigenvalue weighted by molar-refractivity contribution is 14.1. The zero-order valence-corrected chi connectivity index (χ0v) is 12.5. The van der Waals surface area contributed by atoms with Crippen LogP contribution in [-0.4, -0.2) is 20.0 Å². The zero-order valence-electron chi connectivity index (χ0n) is 10.3. The first-order valence-corrected chi connectivity index (χ1v) is 6.49. The molecule has 0 aliphatic rings. The summed E-state index contributed by atoms with van der Waals surface area (Å²) in [6.07, 6.45) is -0.453. The number of halogens is 1. The van der Waals surface area contributed by atoms with E-state index in [9.17, 15) is 4.79 Å². The Labute approximate surface area is 120 Å². The first-order chi connectivity index (χ1) is 8.54. The second-order valence-corrected chi connectivity index (χ2v) is 4.83. The standard InChI is InChI=1S/C12H16INO4/c1-3-12(17-8-16-2,18-11(14)15)9-5-4-6-10(13)7-9/h4-7H,3,8H2,1-2H3,(H2,14,15). The van der Waals surface area contributed by atoms with Gasteiger partial charge >= 0.3 is 6.09 Å². The lowest BCUT2D eigenvalue weighted by Gasteiger charge is -2.31. The number of primary amides is 1. The first kappa shape index (κ1) is 15.2. The number of amides is 1. The molecule has 1 aromatic carbocycles. The van der Waals surface area contributed by atoms with E-state index in [-0.39, 0.29) is 6.79 Å². The molecule has 18 heavy (non-hydrogen) atoms. The van der Waals surface area contributed by atoms with Crippen molar-refractivity contribution in [3.63, 3.8) is 0 Å². The van der Waals surface area contributed by atoms with Gasteiger partial charge in [0.25, 0.3) is 0 Å². The summed E-state index contributed by atoms with van der Waals surface area (Å²) in [4.78, 5) is 11.1. The largest absolute Gasteiger partial charge is 0.412 e. The summed E-state index contributed by atoms with van der Waals surface area (Å²) in [5.74, 6) is -1.21. The van der Waals surface area contributed by atoms with Gasteiger partial charge in [-0.1, -0.05) is 19.1 Å². The van der Waals surface area contributed by atoms with Crippen molar-refractivity contribution in [3.8, 4) is 0 Å². The molecule has 1 rings (SSSR count). The minimum absolute atomic E-state index is 0.00654. The quantitative estimate of drug-likeness (QED) is 0.622. The molecule has 0 heterocycles. The SMILES string of the molecule is CCC(OCOC)(OC(N)=O)c1cccc(I)c1. The van der Waals surface area contributed by atoms with E-state index in [0.29, 0.717) is 6.42 Å². The van der Waals surface area contributed by atoms with Crippen molar-refractivity contribution in [1.29, 1.82) is 0 Å². The third kappa shape index (κ3) is 3.82. The maximum absolute atomic E-state index is 11.1. The zero-order chi connectivity index (χ0) is 13.6. The van der Waals surface area contributed by atoms with Gasteiger partial charge in [-0.05, 0) is 34.7 Å². The normalized spacial score (nSPS) is 13.9. The summed E-state index contributed by atoms with van der Waals surface area (Å²) in [5.41, 5.74) is 5.85. The van der Waals surface area contributed by atoms with Crippen LogP contribution in [0.15, 0.2) is 24.3 Å². The Balaban J connectivity index is 3.11. The molecule has 0 fully saturated rings. The van der Waals surface area contributed by atoms with Gasteiger partial charge in [-0.15, -0.1) is 0 Å². The minimum atomic E-state index is -1.21. The average Bonchev–Trinajstić information content (AvgIpc) is 2.34. The number of rotatable bonds is 6. The van der Waals surface area contributed by atoms with Crippen LogP contribution >= 0.6 is 22.6 Å². The van der Waals surface area contributed by atoms with E-state index < -0.39 is 11.9 Å². The number of carbonyl (C=O) groups is 1. The Bertz CT molecular complexity index is 413. The Kier molecular flexibility index (Phi) is 5.83. The number of hydrogen-bond donors (Lipinski definition) is 1. The fourth-order valence-corrected chi connectivity index (χ4v) is 2.14. The summed E-state index contributed by atoms with van der Waals surface area (Å²) >= 11 is 2.17. The second kappa shape index (κ2) is 6.91. The molecule has 1 aromatic rings. The van der Waals surface area contributed by atoms with E-state index in [1.165, 1.54) is 7.11 Å². The highest BCUT2D eigenvalue weighted by Crippen LogP contribution is 2.32. The third-order valence-corrected chi connectivity index (χ3v) is 3.08. The van der Waals surface area contributed by atoms with Crippen LogP contribution in [0.1, 0.15) is 18.9 Å². The van der Waals surface area contributed by atoms with E-state index in [0.717, 1.165) is 9.13 Å². The van der Waals surface area contributed by atoms with E-state index in [2.05, 4.69) is 22.6 Å². The Morgan fingerprint density at radius 3 is 2.72 bits per heavy atom. The molecule has 5 nitrogen and oxygen atoms in total. The fourth-order valence-electron chi connectivity index (χ4n) is 1.59. The molecule has 1 unspecified atom stereocenters. The number of methoxy groups -OCH3 is 1. The second-order valence-electron chi connectivity index (χ2n) is 3.59. The van der Waals surface area contributed by atoms with Crippen LogP contribution < -0.4 is 5.73 Å². The predicted molar refractivity (Wildman–Crippen MR) is 74.8 cm³/mol. The van der Waals surface area contributed by atoms with Crippen LogP contribution in [0, 0.1) is 3.57 Å². The van der Waals surface area contributed by atoms with Crippen molar-refractivity contribution in [3.05, 3.63) is 33.4 Å². The maximum atomic E-state index is 11.1. The highest BCUT2D eigenvalue weighted by atomic mass is 127. The van der Waals surface area contributed by atoms with Crippen LogP contribution in [-0.2, 0) is 20.0 Å². The van der Waals surface area contributed by atoms with Crippen molar-refractivity contribution in [2.75, 3.05) is 13.9 Å². The molecule has 6 heteroatoms. The minimum Gasteiger partial charge on any atom is -0.412 e. The molecule has 100 valence electrons. The molecule has 0 aromatic heterocycles. The van der Waals surface area contributed by atoms with Crippen LogP contribution in [0.2, 0.25) is 0 Å². The summed E-state index contributed by atoms with van der Waals surface area (Å²) in [6, 6.07) is 7.50. The van der Waals surface area contributed by atoms with Gasteiger partial charge in [0.15, 0.2) is 6.79 Å². The molecule has 0 saturated heterocycles. The van der Waals surface area contributed by atoms with Gasteiger partial charge in [0, 0.05) is 22.7 Å². The van der Waals surface area contributed by atoms with Crippen molar-refractivity contribution in [1.82, 2.24) is 0 Å². The van der Waals surface area contributed by atoms with Crippen molar-refractivity contribution >= 4 is 28.7 Å². The molecular weight excluding hydrogens is 349 g/mol. The van der Waals surface area contributed by atoms with Gasteiger partial charge in [0.05, 0.1) is 0 Å². The van der Waals surface area contributed by atoms with Gasteiger partial charge in [-0.2, -0.15) is 0 Å². The number of carbonyl (C=O) groups excluding carboxylic acids is 1. The summed E-state index contributed by atoms with van der Waals surface area (Å²) in [7, 11) is 1.50. The number of benzene rings is 1.